The van der Waals surface area contributed by atoms with Gasteiger partial charge in [-0.25, -0.2) is 0 Å². The molecule has 1 amide bonds. The van der Waals surface area contributed by atoms with Gasteiger partial charge in [0, 0.05) is 18.9 Å². The van der Waals surface area contributed by atoms with Gasteiger partial charge in [-0.3, -0.25) is 9.78 Å². The highest BCUT2D eigenvalue weighted by molar-refractivity contribution is 5.83. The van der Waals surface area contributed by atoms with E-state index in [2.05, 4.69) is 22.1 Å². The van der Waals surface area contributed by atoms with Gasteiger partial charge in [-0.15, -0.1) is 0 Å². The summed E-state index contributed by atoms with van der Waals surface area (Å²) in [5.41, 5.74) is 1.22. The largest absolute Gasteiger partial charge is 0.334 e. The Morgan fingerprint density at radius 1 is 1.30 bits per heavy atom. The fourth-order valence-corrected chi connectivity index (χ4v) is 3.52. The second kappa shape index (κ2) is 5.92. The van der Waals surface area contributed by atoms with Crippen LogP contribution in [0.1, 0.15) is 44.2 Å². The van der Waals surface area contributed by atoms with Gasteiger partial charge in [0.15, 0.2) is 0 Å². The molecule has 2 aliphatic rings. The molecule has 3 heterocycles. The Morgan fingerprint density at radius 2 is 2.10 bits per heavy atom. The number of hydrogen-bond acceptors (Lipinski definition) is 3. The van der Waals surface area contributed by atoms with Crippen LogP contribution in [0.15, 0.2) is 24.5 Å². The maximum Gasteiger partial charge on any atom is 0.240 e. The first-order chi connectivity index (χ1) is 9.77. The molecule has 0 radical (unpaired) electrons. The third-order valence-corrected chi connectivity index (χ3v) is 4.66. The van der Waals surface area contributed by atoms with Crippen molar-refractivity contribution < 1.29 is 4.79 Å². The summed E-state index contributed by atoms with van der Waals surface area (Å²) in [6.07, 6.45) is 8.13. The summed E-state index contributed by atoms with van der Waals surface area (Å²) in [7, 11) is 0. The van der Waals surface area contributed by atoms with Crippen LogP contribution in [0.4, 0.5) is 0 Å². The zero-order chi connectivity index (χ0) is 13.9. The lowest BCUT2D eigenvalue weighted by Gasteiger charge is -2.34. The van der Waals surface area contributed by atoms with Crippen molar-refractivity contribution in [3.63, 3.8) is 0 Å². The van der Waals surface area contributed by atoms with Crippen molar-refractivity contribution in [2.24, 2.45) is 5.92 Å². The van der Waals surface area contributed by atoms with E-state index in [9.17, 15) is 4.79 Å². The fourth-order valence-electron chi connectivity index (χ4n) is 3.52. The third kappa shape index (κ3) is 2.57. The molecule has 0 spiro atoms. The first-order valence-corrected chi connectivity index (χ1v) is 7.71. The van der Waals surface area contributed by atoms with Gasteiger partial charge in [0.25, 0.3) is 0 Å². The Balaban J connectivity index is 1.76. The van der Waals surface area contributed by atoms with Crippen LogP contribution in [0, 0.1) is 5.92 Å². The number of nitrogens with zero attached hydrogens (tertiary/aromatic N) is 2. The lowest BCUT2D eigenvalue weighted by molar-refractivity contribution is -0.136. The van der Waals surface area contributed by atoms with Crippen LogP contribution in [-0.4, -0.2) is 34.9 Å². The van der Waals surface area contributed by atoms with Crippen molar-refractivity contribution in [3.05, 3.63) is 30.1 Å². The minimum atomic E-state index is 0.00573. The van der Waals surface area contributed by atoms with Crippen LogP contribution in [0.2, 0.25) is 0 Å². The van der Waals surface area contributed by atoms with Crippen LogP contribution >= 0.6 is 0 Å². The molecule has 108 valence electrons. The lowest BCUT2D eigenvalue weighted by Crippen LogP contribution is -2.52. The van der Waals surface area contributed by atoms with Crippen molar-refractivity contribution in [3.8, 4) is 0 Å². The highest BCUT2D eigenvalue weighted by atomic mass is 16.2. The highest BCUT2D eigenvalue weighted by Gasteiger charge is 2.36. The van der Waals surface area contributed by atoms with Crippen LogP contribution in [0.25, 0.3) is 0 Å². The maximum atomic E-state index is 12.8. The van der Waals surface area contributed by atoms with Gasteiger partial charge in [-0.05, 0) is 55.8 Å². The minimum Gasteiger partial charge on any atom is -0.334 e. The zero-order valence-electron chi connectivity index (χ0n) is 12.1. The molecule has 2 saturated heterocycles. The summed E-state index contributed by atoms with van der Waals surface area (Å²) in [5.74, 6) is 0.728. The maximum absolute atomic E-state index is 12.8. The number of carbonyl (C=O) groups is 1. The van der Waals surface area contributed by atoms with Crippen molar-refractivity contribution in [1.82, 2.24) is 15.2 Å². The van der Waals surface area contributed by atoms with E-state index in [1.165, 1.54) is 12.0 Å². The fraction of sp³-hybridized carbons (Fsp3) is 0.625. The summed E-state index contributed by atoms with van der Waals surface area (Å²) >= 11 is 0. The topological polar surface area (TPSA) is 45.2 Å². The molecule has 3 rings (SSSR count). The number of amides is 1. The number of pyridine rings is 1. The van der Waals surface area contributed by atoms with Gasteiger partial charge in [0.05, 0.1) is 12.1 Å². The van der Waals surface area contributed by atoms with E-state index in [0.29, 0.717) is 5.92 Å². The van der Waals surface area contributed by atoms with Crippen LogP contribution in [0.5, 0.6) is 0 Å². The van der Waals surface area contributed by atoms with E-state index in [1.54, 1.807) is 0 Å². The predicted molar refractivity (Wildman–Crippen MR) is 78.1 cm³/mol. The molecule has 1 aromatic heterocycles. The number of piperidine rings is 1. The normalized spacial score (nSPS) is 30.4. The van der Waals surface area contributed by atoms with Crippen molar-refractivity contribution >= 4 is 5.91 Å². The molecule has 2 aliphatic heterocycles. The molecular weight excluding hydrogens is 250 g/mol. The summed E-state index contributed by atoms with van der Waals surface area (Å²) < 4.78 is 0. The minimum absolute atomic E-state index is 0.00573. The van der Waals surface area contributed by atoms with Crippen molar-refractivity contribution in [2.45, 2.75) is 44.7 Å². The predicted octanol–water partition coefficient (Wildman–Crippen LogP) is 2.13. The van der Waals surface area contributed by atoms with Crippen LogP contribution in [0.3, 0.4) is 0 Å². The standard InChI is InChI=1S/C16H23N3O/c1-12-4-2-8-18-15(12)16(20)19-11-3-5-14(19)13-6-9-17-10-7-13/h6-7,9-10,12,14-15,18H,2-5,8,11H2,1H3. The highest BCUT2D eigenvalue weighted by Crippen LogP contribution is 2.33. The number of likely N-dealkylation sites (tertiary alicyclic amines) is 1. The second-order valence-electron chi connectivity index (χ2n) is 6.02. The molecule has 0 aromatic carbocycles. The summed E-state index contributed by atoms with van der Waals surface area (Å²) in [4.78, 5) is 19.0. The average Bonchev–Trinajstić information content (AvgIpc) is 2.97. The van der Waals surface area contributed by atoms with Gasteiger partial charge in [0.2, 0.25) is 5.91 Å². The molecule has 3 unspecified atom stereocenters. The molecule has 3 atom stereocenters. The molecule has 2 fully saturated rings. The van der Waals surface area contributed by atoms with E-state index < -0.39 is 0 Å². The number of nitrogens with one attached hydrogen (secondary N) is 1. The molecule has 0 saturated carbocycles. The molecule has 4 heteroatoms. The van der Waals surface area contributed by atoms with Crippen LogP contribution in [-0.2, 0) is 4.79 Å². The summed E-state index contributed by atoms with van der Waals surface area (Å²) in [6.45, 7) is 4.04. The Bertz CT molecular complexity index is 462. The summed E-state index contributed by atoms with van der Waals surface area (Å²) in [5, 5.41) is 3.41. The smallest absolute Gasteiger partial charge is 0.240 e. The van der Waals surface area contributed by atoms with Gasteiger partial charge in [-0.2, -0.15) is 0 Å². The SMILES string of the molecule is CC1CCCNC1C(=O)N1CCCC1c1ccncc1. The van der Waals surface area contributed by atoms with Gasteiger partial charge in [0.1, 0.15) is 0 Å². The Hall–Kier alpha value is -1.42. The Labute approximate surface area is 120 Å². The van der Waals surface area contributed by atoms with Crippen molar-refractivity contribution in [1.29, 1.82) is 0 Å². The number of aromatic nitrogens is 1. The van der Waals surface area contributed by atoms with E-state index >= 15 is 0 Å². The van der Waals surface area contributed by atoms with E-state index in [1.807, 2.05) is 24.5 Å². The summed E-state index contributed by atoms with van der Waals surface area (Å²) in [6, 6.07) is 4.31. The first-order valence-electron chi connectivity index (χ1n) is 7.71. The Morgan fingerprint density at radius 3 is 2.85 bits per heavy atom. The monoisotopic (exact) mass is 273 g/mol. The molecule has 0 bridgehead atoms. The van der Waals surface area contributed by atoms with Gasteiger partial charge in [-0.1, -0.05) is 6.92 Å². The molecule has 0 aliphatic carbocycles. The van der Waals surface area contributed by atoms with Gasteiger partial charge < -0.3 is 10.2 Å². The second-order valence-corrected chi connectivity index (χ2v) is 6.02. The lowest BCUT2D eigenvalue weighted by atomic mass is 9.91. The molecule has 1 N–H and O–H groups in total. The molecular formula is C16H23N3O. The number of rotatable bonds is 2. The van der Waals surface area contributed by atoms with E-state index in [-0.39, 0.29) is 18.0 Å². The molecule has 20 heavy (non-hydrogen) atoms. The quantitative estimate of drug-likeness (QED) is 0.898. The van der Waals surface area contributed by atoms with Crippen LogP contribution < -0.4 is 5.32 Å². The first kappa shape index (κ1) is 13.6. The van der Waals surface area contributed by atoms with E-state index in [0.717, 1.165) is 32.4 Å². The number of hydrogen-bond donors (Lipinski definition) is 1. The zero-order valence-corrected chi connectivity index (χ0v) is 12.1. The number of carbonyl (C=O) groups excluding carboxylic acids is 1. The van der Waals surface area contributed by atoms with Gasteiger partial charge >= 0.3 is 0 Å². The van der Waals surface area contributed by atoms with Crippen molar-refractivity contribution in [2.75, 3.05) is 13.1 Å². The molecule has 4 nitrogen and oxygen atoms in total. The average molecular weight is 273 g/mol. The Kier molecular flexibility index (Phi) is 4.01. The third-order valence-electron chi connectivity index (χ3n) is 4.66. The molecule has 1 aromatic rings. The van der Waals surface area contributed by atoms with E-state index in [4.69, 9.17) is 0 Å².